The molecule has 0 spiro atoms. The minimum atomic E-state index is -0.257. The molecule has 0 N–H and O–H groups in total. The summed E-state index contributed by atoms with van der Waals surface area (Å²) >= 11 is 0. The highest BCUT2D eigenvalue weighted by molar-refractivity contribution is 5.85. The molecule has 5 rings (SSSR count). The number of aryl methyl sites for hydroxylation is 1. The SMILES string of the molecule is Cc1ncn2c1Cn1nc(CC3CCCCC3)nc1-c1cc(F)ccc1-2.Cl. The van der Waals surface area contributed by atoms with Crippen molar-refractivity contribution in [3.8, 4) is 17.1 Å². The number of fused-ring (bicyclic) bond motifs is 5. The fourth-order valence-corrected chi connectivity index (χ4v) is 4.33. The van der Waals surface area contributed by atoms with Crippen LogP contribution in [0.25, 0.3) is 17.1 Å². The highest BCUT2D eigenvalue weighted by Gasteiger charge is 2.25. The molecule has 3 aromatic rings. The maximum Gasteiger partial charge on any atom is 0.160 e. The second kappa shape index (κ2) is 7.08. The predicted molar refractivity (Wildman–Crippen MR) is 104 cm³/mol. The normalized spacial score (nSPS) is 16.1. The van der Waals surface area contributed by atoms with Crippen LogP contribution in [0, 0.1) is 18.7 Å². The van der Waals surface area contributed by atoms with Gasteiger partial charge in [0.2, 0.25) is 0 Å². The van der Waals surface area contributed by atoms with Gasteiger partial charge in [-0.15, -0.1) is 12.4 Å². The molecule has 1 aliphatic carbocycles. The van der Waals surface area contributed by atoms with E-state index in [0.29, 0.717) is 12.5 Å². The summed E-state index contributed by atoms with van der Waals surface area (Å²) in [5.41, 5.74) is 3.74. The van der Waals surface area contributed by atoms with Crippen LogP contribution in [0.1, 0.15) is 49.3 Å². The number of aromatic nitrogens is 5. The Hall–Kier alpha value is -2.21. The summed E-state index contributed by atoms with van der Waals surface area (Å²) in [5, 5.41) is 4.79. The van der Waals surface area contributed by atoms with E-state index in [4.69, 9.17) is 10.1 Å². The van der Waals surface area contributed by atoms with Crippen molar-refractivity contribution >= 4 is 12.4 Å². The Morgan fingerprint density at radius 3 is 2.81 bits per heavy atom. The molecule has 0 radical (unpaired) electrons. The first-order valence-electron chi connectivity index (χ1n) is 9.46. The number of hydrogen-bond donors (Lipinski definition) is 0. The van der Waals surface area contributed by atoms with Crippen molar-refractivity contribution in [3.63, 3.8) is 0 Å². The molecule has 1 saturated carbocycles. The van der Waals surface area contributed by atoms with Gasteiger partial charge in [-0.3, -0.25) is 0 Å². The predicted octanol–water partition coefficient (Wildman–Crippen LogP) is 4.48. The first kappa shape index (κ1) is 18.2. The molecule has 7 heteroatoms. The third-order valence-electron chi connectivity index (χ3n) is 5.75. The maximum atomic E-state index is 14.0. The second-order valence-electron chi connectivity index (χ2n) is 7.53. The van der Waals surface area contributed by atoms with E-state index >= 15 is 0 Å². The molecular weight excluding hydrogens is 365 g/mol. The summed E-state index contributed by atoms with van der Waals surface area (Å²) in [7, 11) is 0. The van der Waals surface area contributed by atoms with E-state index in [1.807, 2.05) is 16.2 Å². The van der Waals surface area contributed by atoms with Gasteiger partial charge in [0, 0.05) is 12.0 Å². The van der Waals surface area contributed by atoms with Crippen molar-refractivity contribution in [1.82, 2.24) is 24.3 Å². The van der Waals surface area contributed by atoms with Crippen LogP contribution in [0.2, 0.25) is 0 Å². The van der Waals surface area contributed by atoms with E-state index in [1.54, 1.807) is 18.5 Å². The molecule has 3 heterocycles. The summed E-state index contributed by atoms with van der Waals surface area (Å²) in [6, 6.07) is 4.86. The van der Waals surface area contributed by atoms with Crippen molar-refractivity contribution < 1.29 is 4.39 Å². The Labute approximate surface area is 164 Å². The van der Waals surface area contributed by atoms with E-state index in [1.165, 1.54) is 38.2 Å². The number of hydrogen-bond acceptors (Lipinski definition) is 3. The Bertz CT molecular complexity index is 971. The van der Waals surface area contributed by atoms with Gasteiger partial charge < -0.3 is 4.57 Å². The van der Waals surface area contributed by atoms with Crippen LogP contribution in [0.5, 0.6) is 0 Å². The first-order valence-corrected chi connectivity index (χ1v) is 9.46. The van der Waals surface area contributed by atoms with Gasteiger partial charge in [-0.2, -0.15) is 5.10 Å². The first-order chi connectivity index (χ1) is 12.7. The van der Waals surface area contributed by atoms with Crippen molar-refractivity contribution in [2.24, 2.45) is 5.92 Å². The number of imidazole rings is 1. The molecule has 5 nitrogen and oxygen atoms in total. The van der Waals surface area contributed by atoms with Gasteiger partial charge in [0.1, 0.15) is 5.82 Å². The van der Waals surface area contributed by atoms with Gasteiger partial charge in [-0.05, 0) is 31.0 Å². The van der Waals surface area contributed by atoms with Gasteiger partial charge in [-0.25, -0.2) is 19.0 Å². The molecule has 2 aromatic heterocycles. The summed E-state index contributed by atoms with van der Waals surface area (Å²) < 4.78 is 17.9. The number of nitrogens with zero attached hydrogens (tertiary/aromatic N) is 5. The van der Waals surface area contributed by atoms with Gasteiger partial charge in [0.25, 0.3) is 0 Å². The van der Waals surface area contributed by atoms with Crippen LogP contribution in [-0.2, 0) is 13.0 Å². The van der Waals surface area contributed by atoms with Crippen LogP contribution >= 0.6 is 12.4 Å². The highest BCUT2D eigenvalue weighted by Crippen LogP contribution is 2.33. The van der Waals surface area contributed by atoms with Crippen molar-refractivity contribution in [2.75, 3.05) is 0 Å². The van der Waals surface area contributed by atoms with Gasteiger partial charge >= 0.3 is 0 Å². The van der Waals surface area contributed by atoms with Crippen molar-refractivity contribution in [3.05, 3.63) is 47.6 Å². The summed E-state index contributed by atoms with van der Waals surface area (Å²) in [6.07, 6.45) is 9.22. The lowest BCUT2D eigenvalue weighted by Crippen LogP contribution is -2.11. The fraction of sp³-hybridized carbons (Fsp3) is 0.450. The van der Waals surface area contributed by atoms with E-state index in [0.717, 1.165) is 40.7 Å². The van der Waals surface area contributed by atoms with Crippen LogP contribution in [0.4, 0.5) is 4.39 Å². The van der Waals surface area contributed by atoms with E-state index in [2.05, 4.69) is 4.98 Å². The largest absolute Gasteiger partial charge is 0.300 e. The number of halogens is 2. The van der Waals surface area contributed by atoms with Gasteiger partial charge in [-0.1, -0.05) is 32.1 Å². The average Bonchev–Trinajstić information content (AvgIpc) is 3.17. The standard InChI is InChI=1S/C20H22FN5.ClH/c1-13-18-11-26-20(23-19(24-26)9-14-5-3-2-4-6-14)16-10-15(21)7-8-17(16)25(18)12-22-13;/h7-8,10,12,14H,2-6,9,11H2,1H3;1H. The monoisotopic (exact) mass is 387 g/mol. The third-order valence-corrected chi connectivity index (χ3v) is 5.75. The van der Waals surface area contributed by atoms with Crippen LogP contribution in [-0.4, -0.2) is 24.3 Å². The molecule has 0 atom stereocenters. The Balaban J connectivity index is 0.00000180. The molecular formula is C20H23ClFN5. The summed E-state index contributed by atoms with van der Waals surface area (Å²) in [4.78, 5) is 9.27. The molecule has 1 aromatic carbocycles. The highest BCUT2D eigenvalue weighted by atomic mass is 35.5. The molecule has 0 saturated heterocycles. The molecule has 27 heavy (non-hydrogen) atoms. The van der Waals surface area contributed by atoms with Gasteiger partial charge in [0.05, 0.1) is 29.9 Å². The minimum absolute atomic E-state index is 0. The lowest BCUT2D eigenvalue weighted by molar-refractivity contribution is 0.351. The molecule has 0 amide bonds. The van der Waals surface area contributed by atoms with Crippen molar-refractivity contribution in [2.45, 2.75) is 52.0 Å². The number of rotatable bonds is 2. The fourth-order valence-electron chi connectivity index (χ4n) is 4.33. The summed E-state index contributed by atoms with van der Waals surface area (Å²) in [6.45, 7) is 2.61. The van der Waals surface area contributed by atoms with Gasteiger partial charge in [0.15, 0.2) is 11.6 Å². The molecule has 0 unspecified atom stereocenters. The van der Waals surface area contributed by atoms with Crippen LogP contribution in [0.15, 0.2) is 24.5 Å². The topological polar surface area (TPSA) is 48.5 Å². The third kappa shape index (κ3) is 3.16. The van der Waals surface area contributed by atoms with E-state index in [9.17, 15) is 4.39 Å². The average molecular weight is 388 g/mol. The quantitative estimate of drug-likeness (QED) is 0.509. The lowest BCUT2D eigenvalue weighted by Gasteiger charge is -2.19. The lowest BCUT2D eigenvalue weighted by atomic mass is 9.87. The number of benzene rings is 1. The van der Waals surface area contributed by atoms with E-state index in [-0.39, 0.29) is 18.2 Å². The second-order valence-corrected chi connectivity index (χ2v) is 7.53. The zero-order valence-electron chi connectivity index (χ0n) is 15.4. The Kier molecular flexibility index (Phi) is 4.76. The molecule has 1 fully saturated rings. The minimum Gasteiger partial charge on any atom is -0.300 e. The molecule has 0 bridgehead atoms. The van der Waals surface area contributed by atoms with Crippen LogP contribution in [0.3, 0.4) is 0 Å². The molecule has 1 aliphatic heterocycles. The molecule has 142 valence electrons. The smallest absolute Gasteiger partial charge is 0.160 e. The zero-order chi connectivity index (χ0) is 17.7. The maximum absolute atomic E-state index is 14.0. The molecule has 2 aliphatic rings. The Morgan fingerprint density at radius 2 is 2.00 bits per heavy atom. The van der Waals surface area contributed by atoms with Crippen LogP contribution < -0.4 is 0 Å². The zero-order valence-corrected chi connectivity index (χ0v) is 16.2. The van der Waals surface area contributed by atoms with Crippen molar-refractivity contribution in [1.29, 1.82) is 0 Å². The van der Waals surface area contributed by atoms with E-state index < -0.39 is 0 Å². The Morgan fingerprint density at radius 1 is 1.19 bits per heavy atom. The summed E-state index contributed by atoms with van der Waals surface area (Å²) in [5.74, 6) is 2.06.